The van der Waals surface area contributed by atoms with Crippen LogP contribution in [0.15, 0.2) is 66.9 Å². The monoisotopic (exact) mass is 248 g/mol. The number of aromatic nitrogens is 2. The highest BCUT2D eigenvalue weighted by Gasteiger charge is 2.06. The number of hydrogen-bond donors (Lipinski definition) is 0. The van der Waals surface area contributed by atoms with Gasteiger partial charge in [-0.3, -0.25) is 4.68 Å². The average Bonchev–Trinajstić information content (AvgIpc) is 2.91. The molecule has 2 nitrogen and oxygen atoms in total. The topological polar surface area (TPSA) is 17.8 Å². The third-order valence-corrected chi connectivity index (χ3v) is 3.37. The standard InChI is InChI=1S/C17H16N2/c1-14-7-5-6-10-16(14)13-19-17(11-12-18-19)15-8-3-2-4-9-15/h2-12H,13H2,1H3. The first-order chi connectivity index (χ1) is 9.34. The van der Waals surface area contributed by atoms with Crippen LogP contribution in [0.2, 0.25) is 0 Å². The summed E-state index contributed by atoms with van der Waals surface area (Å²) in [6.45, 7) is 2.95. The lowest BCUT2D eigenvalue weighted by Gasteiger charge is -2.09. The van der Waals surface area contributed by atoms with Gasteiger partial charge in [0, 0.05) is 6.20 Å². The molecule has 3 aromatic rings. The highest BCUT2D eigenvalue weighted by atomic mass is 15.3. The van der Waals surface area contributed by atoms with Gasteiger partial charge in [0.2, 0.25) is 0 Å². The minimum Gasteiger partial charge on any atom is -0.260 e. The number of benzene rings is 2. The Labute approximate surface area is 113 Å². The van der Waals surface area contributed by atoms with Crippen LogP contribution < -0.4 is 0 Å². The predicted octanol–water partition coefficient (Wildman–Crippen LogP) is 3.91. The van der Waals surface area contributed by atoms with Gasteiger partial charge in [0.25, 0.3) is 0 Å². The van der Waals surface area contributed by atoms with Crippen molar-refractivity contribution in [3.8, 4) is 11.3 Å². The summed E-state index contributed by atoms with van der Waals surface area (Å²) in [5.74, 6) is 0. The molecule has 0 fully saturated rings. The zero-order chi connectivity index (χ0) is 13.1. The van der Waals surface area contributed by atoms with Crippen LogP contribution in [0.3, 0.4) is 0 Å². The summed E-state index contributed by atoms with van der Waals surface area (Å²) in [6, 6.07) is 20.9. The number of nitrogens with zero attached hydrogens (tertiary/aromatic N) is 2. The first-order valence-electron chi connectivity index (χ1n) is 6.46. The van der Waals surface area contributed by atoms with E-state index in [4.69, 9.17) is 0 Å². The Morgan fingerprint density at radius 3 is 2.42 bits per heavy atom. The van der Waals surface area contributed by atoms with Crippen LogP contribution in [0.5, 0.6) is 0 Å². The number of rotatable bonds is 3. The van der Waals surface area contributed by atoms with Crippen molar-refractivity contribution >= 4 is 0 Å². The second-order valence-corrected chi connectivity index (χ2v) is 4.67. The lowest BCUT2D eigenvalue weighted by Crippen LogP contribution is -2.04. The van der Waals surface area contributed by atoms with Crippen molar-refractivity contribution in [1.82, 2.24) is 9.78 Å². The van der Waals surface area contributed by atoms with E-state index in [2.05, 4.69) is 71.3 Å². The maximum Gasteiger partial charge on any atom is 0.0686 e. The molecule has 1 heterocycles. The molecule has 0 amide bonds. The molecule has 0 N–H and O–H groups in total. The van der Waals surface area contributed by atoms with Crippen LogP contribution in [0.25, 0.3) is 11.3 Å². The average molecular weight is 248 g/mol. The Balaban J connectivity index is 1.96. The fraction of sp³-hybridized carbons (Fsp3) is 0.118. The van der Waals surface area contributed by atoms with Gasteiger partial charge in [-0.15, -0.1) is 0 Å². The van der Waals surface area contributed by atoms with Crippen LogP contribution in [-0.2, 0) is 6.54 Å². The molecule has 94 valence electrons. The summed E-state index contributed by atoms with van der Waals surface area (Å²) in [7, 11) is 0. The molecule has 0 aliphatic carbocycles. The first-order valence-corrected chi connectivity index (χ1v) is 6.46. The van der Waals surface area contributed by atoms with Gasteiger partial charge in [-0.05, 0) is 29.7 Å². The van der Waals surface area contributed by atoms with Gasteiger partial charge in [-0.25, -0.2) is 0 Å². The van der Waals surface area contributed by atoms with Crippen molar-refractivity contribution in [2.75, 3.05) is 0 Å². The maximum atomic E-state index is 4.45. The molecule has 0 aliphatic heterocycles. The van der Waals surface area contributed by atoms with E-state index in [0.29, 0.717) is 0 Å². The minimum atomic E-state index is 0.809. The molecule has 0 radical (unpaired) electrons. The molecular weight excluding hydrogens is 232 g/mol. The Hall–Kier alpha value is -2.35. The van der Waals surface area contributed by atoms with Gasteiger partial charge < -0.3 is 0 Å². The molecule has 0 atom stereocenters. The Morgan fingerprint density at radius 2 is 1.63 bits per heavy atom. The van der Waals surface area contributed by atoms with E-state index in [1.807, 2.05) is 12.3 Å². The zero-order valence-electron chi connectivity index (χ0n) is 11.0. The second-order valence-electron chi connectivity index (χ2n) is 4.67. The maximum absolute atomic E-state index is 4.45. The third-order valence-electron chi connectivity index (χ3n) is 3.37. The molecule has 0 aliphatic rings. The summed E-state index contributed by atoms with van der Waals surface area (Å²) in [4.78, 5) is 0. The first kappa shape index (κ1) is 11.7. The second kappa shape index (κ2) is 5.11. The molecule has 19 heavy (non-hydrogen) atoms. The number of aryl methyl sites for hydroxylation is 1. The summed E-state index contributed by atoms with van der Waals surface area (Å²) in [5.41, 5.74) is 4.97. The van der Waals surface area contributed by atoms with Crippen LogP contribution >= 0.6 is 0 Å². The smallest absolute Gasteiger partial charge is 0.0686 e. The van der Waals surface area contributed by atoms with Crippen molar-refractivity contribution in [1.29, 1.82) is 0 Å². The largest absolute Gasteiger partial charge is 0.260 e. The Morgan fingerprint density at radius 1 is 0.895 bits per heavy atom. The van der Waals surface area contributed by atoms with E-state index in [1.165, 1.54) is 16.7 Å². The lowest BCUT2D eigenvalue weighted by molar-refractivity contribution is 0.691. The van der Waals surface area contributed by atoms with Crippen LogP contribution in [-0.4, -0.2) is 9.78 Å². The molecule has 0 saturated carbocycles. The minimum absolute atomic E-state index is 0.809. The molecule has 2 heteroatoms. The predicted molar refractivity (Wildman–Crippen MR) is 77.9 cm³/mol. The van der Waals surface area contributed by atoms with E-state index in [1.54, 1.807) is 0 Å². The molecule has 3 rings (SSSR count). The fourth-order valence-corrected chi connectivity index (χ4v) is 2.26. The van der Waals surface area contributed by atoms with Gasteiger partial charge in [-0.2, -0.15) is 5.10 Å². The van der Waals surface area contributed by atoms with Crippen LogP contribution in [0.4, 0.5) is 0 Å². The molecular formula is C17H16N2. The van der Waals surface area contributed by atoms with Crippen molar-refractivity contribution in [2.45, 2.75) is 13.5 Å². The van der Waals surface area contributed by atoms with Gasteiger partial charge in [0.1, 0.15) is 0 Å². The highest BCUT2D eigenvalue weighted by Crippen LogP contribution is 2.20. The summed E-state index contributed by atoms with van der Waals surface area (Å²) >= 11 is 0. The van der Waals surface area contributed by atoms with E-state index < -0.39 is 0 Å². The molecule has 0 saturated heterocycles. The van der Waals surface area contributed by atoms with Gasteiger partial charge in [0.15, 0.2) is 0 Å². The van der Waals surface area contributed by atoms with Crippen LogP contribution in [0, 0.1) is 6.92 Å². The Bertz CT molecular complexity index is 668. The van der Waals surface area contributed by atoms with Crippen molar-refractivity contribution in [3.63, 3.8) is 0 Å². The summed E-state index contributed by atoms with van der Waals surface area (Å²) in [5, 5.41) is 4.45. The van der Waals surface area contributed by atoms with E-state index >= 15 is 0 Å². The SMILES string of the molecule is Cc1ccccc1Cn1nccc1-c1ccccc1. The van der Waals surface area contributed by atoms with Gasteiger partial charge >= 0.3 is 0 Å². The van der Waals surface area contributed by atoms with Crippen molar-refractivity contribution < 1.29 is 0 Å². The molecule has 0 unspecified atom stereocenters. The third kappa shape index (κ3) is 2.43. The quantitative estimate of drug-likeness (QED) is 0.687. The molecule has 0 bridgehead atoms. The van der Waals surface area contributed by atoms with E-state index in [9.17, 15) is 0 Å². The van der Waals surface area contributed by atoms with Crippen molar-refractivity contribution in [2.24, 2.45) is 0 Å². The Kier molecular flexibility index (Phi) is 3.15. The summed E-state index contributed by atoms with van der Waals surface area (Å²) < 4.78 is 2.05. The zero-order valence-corrected chi connectivity index (χ0v) is 11.0. The molecule has 2 aromatic carbocycles. The molecule has 1 aromatic heterocycles. The summed E-state index contributed by atoms with van der Waals surface area (Å²) in [6.07, 6.45) is 1.86. The van der Waals surface area contributed by atoms with Crippen molar-refractivity contribution in [3.05, 3.63) is 78.0 Å². The van der Waals surface area contributed by atoms with E-state index in [-0.39, 0.29) is 0 Å². The fourth-order valence-electron chi connectivity index (χ4n) is 2.26. The number of hydrogen-bond acceptors (Lipinski definition) is 1. The lowest BCUT2D eigenvalue weighted by atomic mass is 10.1. The van der Waals surface area contributed by atoms with E-state index in [0.717, 1.165) is 12.2 Å². The van der Waals surface area contributed by atoms with Crippen LogP contribution in [0.1, 0.15) is 11.1 Å². The van der Waals surface area contributed by atoms with Gasteiger partial charge in [0.05, 0.1) is 12.2 Å². The van der Waals surface area contributed by atoms with Gasteiger partial charge in [-0.1, -0.05) is 54.6 Å². The molecule has 0 spiro atoms. The highest BCUT2D eigenvalue weighted by molar-refractivity contribution is 5.59. The normalized spacial score (nSPS) is 10.6.